The molecule has 2 heterocycles. The van der Waals surface area contributed by atoms with Gasteiger partial charge in [-0.15, -0.1) is 0 Å². The normalized spacial score (nSPS) is 13.3. The predicted molar refractivity (Wildman–Crippen MR) is 110 cm³/mol. The lowest BCUT2D eigenvalue weighted by Crippen LogP contribution is -2.07. The molecule has 3 aromatic carbocycles. The van der Waals surface area contributed by atoms with Gasteiger partial charge in [0, 0.05) is 22.0 Å². The number of aromatic nitrogens is 1. The summed E-state index contributed by atoms with van der Waals surface area (Å²) in [7, 11) is 1.64. The summed E-state index contributed by atoms with van der Waals surface area (Å²) in [5.74, 6) is 1.65. The van der Waals surface area contributed by atoms with Gasteiger partial charge in [0.1, 0.15) is 5.75 Å². The molecule has 4 aromatic rings. The number of nitrogens with one attached hydrogen (secondary N) is 1. The summed E-state index contributed by atoms with van der Waals surface area (Å²) in [6, 6.07) is 21.4. The fourth-order valence-electron chi connectivity index (χ4n) is 3.40. The van der Waals surface area contributed by atoms with Crippen LogP contribution in [0, 0.1) is 0 Å². The summed E-state index contributed by atoms with van der Waals surface area (Å²) in [6.07, 6.45) is 1.95. The second kappa shape index (κ2) is 6.39. The van der Waals surface area contributed by atoms with E-state index in [4.69, 9.17) is 4.74 Å². The van der Waals surface area contributed by atoms with Crippen molar-refractivity contribution in [2.24, 2.45) is 9.98 Å². The van der Waals surface area contributed by atoms with Crippen molar-refractivity contribution in [1.29, 1.82) is 0 Å². The minimum Gasteiger partial charge on any atom is -0.497 e. The van der Waals surface area contributed by atoms with E-state index in [9.17, 15) is 5.11 Å². The molecule has 1 aliphatic rings. The topological polar surface area (TPSA) is 70.0 Å². The zero-order chi connectivity index (χ0) is 19.1. The van der Waals surface area contributed by atoms with Gasteiger partial charge in [-0.25, -0.2) is 9.98 Å². The van der Waals surface area contributed by atoms with Gasteiger partial charge in [0.15, 0.2) is 11.7 Å². The molecule has 0 aliphatic carbocycles. The van der Waals surface area contributed by atoms with Crippen LogP contribution in [0.5, 0.6) is 11.6 Å². The van der Waals surface area contributed by atoms with Crippen molar-refractivity contribution in [3.8, 4) is 11.6 Å². The van der Waals surface area contributed by atoms with Gasteiger partial charge in [-0.05, 0) is 53.8 Å². The van der Waals surface area contributed by atoms with Crippen molar-refractivity contribution in [2.45, 2.75) is 0 Å². The molecule has 1 aliphatic heterocycles. The highest BCUT2D eigenvalue weighted by atomic mass is 16.5. The number of aromatic amines is 1. The summed E-state index contributed by atoms with van der Waals surface area (Å²) in [5.41, 5.74) is 3.43. The highest BCUT2D eigenvalue weighted by Gasteiger charge is 2.11. The summed E-state index contributed by atoms with van der Waals surface area (Å²) >= 11 is 0. The zero-order valence-electron chi connectivity index (χ0n) is 15.2. The van der Waals surface area contributed by atoms with Crippen LogP contribution in [0.15, 0.2) is 76.7 Å². The largest absolute Gasteiger partial charge is 0.497 e. The molecule has 0 fully saturated rings. The Labute approximate surface area is 161 Å². The third-order valence-electron chi connectivity index (χ3n) is 4.84. The molecule has 136 valence electrons. The first-order valence-corrected chi connectivity index (χ1v) is 8.94. The van der Waals surface area contributed by atoms with Crippen LogP contribution in [0.25, 0.3) is 17.0 Å². The van der Waals surface area contributed by atoms with Crippen molar-refractivity contribution in [2.75, 3.05) is 7.11 Å². The lowest BCUT2D eigenvalue weighted by molar-refractivity contribution is 0.415. The van der Waals surface area contributed by atoms with Gasteiger partial charge in [-0.2, -0.15) is 0 Å². The number of fused-ring (bicyclic) bond motifs is 2. The first-order valence-electron chi connectivity index (χ1n) is 8.94. The van der Waals surface area contributed by atoms with E-state index < -0.39 is 0 Å². The molecular weight excluding hydrogens is 350 g/mol. The standard InChI is InChI=1S/C23H17N3O2/c1-28-16-9-7-15(8-10-16)22-24-20-11-6-14(13-21(20)25-22)12-18-17-4-2-3-5-19(17)26-23(18)27/h2-13,26-27H,1H3/b14-12-. The van der Waals surface area contributed by atoms with Gasteiger partial charge in [0.25, 0.3) is 0 Å². The highest BCUT2D eigenvalue weighted by Crippen LogP contribution is 2.27. The van der Waals surface area contributed by atoms with Crippen LogP contribution < -0.4 is 15.3 Å². The maximum absolute atomic E-state index is 10.3. The van der Waals surface area contributed by atoms with E-state index in [1.165, 1.54) is 0 Å². The third kappa shape index (κ3) is 2.74. The quantitative estimate of drug-likeness (QED) is 0.582. The van der Waals surface area contributed by atoms with E-state index in [1.807, 2.05) is 72.8 Å². The minimum absolute atomic E-state index is 0.161. The Hall–Kier alpha value is -3.86. The van der Waals surface area contributed by atoms with Crippen LogP contribution >= 0.6 is 0 Å². The maximum Gasteiger partial charge on any atom is 0.196 e. The molecule has 0 spiro atoms. The third-order valence-corrected chi connectivity index (χ3v) is 4.84. The molecule has 0 saturated carbocycles. The lowest BCUT2D eigenvalue weighted by atomic mass is 10.1. The summed E-state index contributed by atoms with van der Waals surface area (Å²) in [6.45, 7) is 0. The van der Waals surface area contributed by atoms with Gasteiger partial charge in [-0.1, -0.05) is 24.3 Å². The molecule has 2 N–H and O–H groups in total. The molecule has 1 aromatic heterocycles. The number of aromatic hydroxyl groups is 1. The van der Waals surface area contributed by atoms with Crippen LogP contribution in [0.4, 0.5) is 5.69 Å². The van der Waals surface area contributed by atoms with Gasteiger partial charge in [0.2, 0.25) is 0 Å². The number of benzene rings is 3. The van der Waals surface area contributed by atoms with Crippen LogP contribution in [-0.4, -0.2) is 23.0 Å². The lowest BCUT2D eigenvalue weighted by Gasteiger charge is -2.00. The van der Waals surface area contributed by atoms with Crippen LogP contribution in [0.2, 0.25) is 0 Å². The molecule has 5 nitrogen and oxygen atoms in total. The molecule has 0 bridgehead atoms. The Balaban J connectivity index is 1.56. The van der Waals surface area contributed by atoms with Crippen molar-refractivity contribution < 1.29 is 9.84 Å². The SMILES string of the molecule is COc1ccc(C2=Nc3c/c(=C\c4c(O)[nH]c5ccccc45)ccc3=N2)cc1. The number of H-pyrrole nitrogens is 1. The van der Waals surface area contributed by atoms with Crippen LogP contribution in [0.3, 0.4) is 0 Å². The van der Waals surface area contributed by atoms with E-state index in [0.717, 1.165) is 44.0 Å². The predicted octanol–water partition coefficient (Wildman–Crippen LogP) is 3.42. The summed E-state index contributed by atoms with van der Waals surface area (Å²) in [4.78, 5) is 12.3. The zero-order valence-corrected chi connectivity index (χ0v) is 15.2. The average molecular weight is 367 g/mol. The first-order chi connectivity index (χ1) is 13.7. The van der Waals surface area contributed by atoms with Crippen LogP contribution in [0.1, 0.15) is 11.1 Å². The molecule has 28 heavy (non-hydrogen) atoms. The molecule has 0 amide bonds. The molecule has 0 unspecified atom stereocenters. The van der Waals surface area contributed by atoms with E-state index in [1.54, 1.807) is 7.11 Å². The fraction of sp³-hybridized carbons (Fsp3) is 0.0435. The van der Waals surface area contributed by atoms with Gasteiger partial charge < -0.3 is 14.8 Å². The number of para-hydroxylation sites is 1. The molecule has 5 heteroatoms. The Morgan fingerprint density at radius 1 is 0.964 bits per heavy atom. The number of hydrogen-bond donors (Lipinski definition) is 2. The van der Waals surface area contributed by atoms with Crippen LogP contribution in [-0.2, 0) is 0 Å². The first kappa shape index (κ1) is 16.3. The summed E-state index contributed by atoms with van der Waals surface area (Å²) in [5, 5.41) is 13.1. The van der Waals surface area contributed by atoms with E-state index in [2.05, 4.69) is 15.0 Å². The van der Waals surface area contributed by atoms with Crippen molar-refractivity contribution in [3.63, 3.8) is 0 Å². The van der Waals surface area contributed by atoms with Gasteiger partial charge in [0.05, 0.1) is 18.2 Å². The smallest absolute Gasteiger partial charge is 0.196 e. The number of amidine groups is 1. The van der Waals surface area contributed by atoms with Crippen molar-refractivity contribution >= 4 is 28.5 Å². The Bertz CT molecular complexity index is 1350. The average Bonchev–Trinajstić information content (AvgIpc) is 3.29. The van der Waals surface area contributed by atoms with E-state index in [-0.39, 0.29) is 5.88 Å². The Morgan fingerprint density at radius 3 is 2.61 bits per heavy atom. The summed E-state index contributed by atoms with van der Waals surface area (Å²) < 4.78 is 5.20. The molecule has 0 saturated heterocycles. The van der Waals surface area contributed by atoms with Gasteiger partial charge >= 0.3 is 0 Å². The fourth-order valence-corrected chi connectivity index (χ4v) is 3.40. The molecular formula is C23H17N3O2. The minimum atomic E-state index is 0.161. The number of ether oxygens (including phenoxy) is 1. The van der Waals surface area contributed by atoms with E-state index in [0.29, 0.717) is 5.84 Å². The number of rotatable bonds is 3. The number of aliphatic imine (C=N–C) groups is 1. The maximum atomic E-state index is 10.3. The molecule has 0 atom stereocenters. The van der Waals surface area contributed by atoms with Crippen molar-refractivity contribution in [3.05, 3.63) is 88.4 Å². The van der Waals surface area contributed by atoms with Gasteiger partial charge in [-0.3, -0.25) is 0 Å². The molecule has 5 rings (SSSR count). The molecule has 0 radical (unpaired) electrons. The van der Waals surface area contributed by atoms with Crippen molar-refractivity contribution in [1.82, 2.24) is 4.98 Å². The highest BCUT2D eigenvalue weighted by molar-refractivity contribution is 6.02. The second-order valence-corrected chi connectivity index (χ2v) is 6.60. The second-order valence-electron chi connectivity index (χ2n) is 6.60. The van der Waals surface area contributed by atoms with E-state index >= 15 is 0 Å². The Morgan fingerprint density at radius 2 is 1.79 bits per heavy atom. The monoisotopic (exact) mass is 367 g/mol. The number of nitrogens with zero attached hydrogens (tertiary/aromatic N) is 2. The Kier molecular flexibility index (Phi) is 3.72. The number of hydrogen-bond acceptors (Lipinski definition) is 4. The number of methoxy groups -OCH3 is 1.